The number of rotatable bonds is 27. The van der Waals surface area contributed by atoms with Crippen LogP contribution in [0, 0.1) is 5.92 Å². The van der Waals surface area contributed by atoms with E-state index >= 15 is 0 Å². The van der Waals surface area contributed by atoms with Gasteiger partial charge in [-0.3, -0.25) is 43.2 Å². The van der Waals surface area contributed by atoms with Gasteiger partial charge in [0.2, 0.25) is 47.3 Å². The number of thiol groups is 1. The maximum Gasteiger partial charge on any atom is 0.326 e. The van der Waals surface area contributed by atoms with E-state index < -0.39 is 133 Å². The number of aliphatic hydroxyl groups excluding tert-OH is 1. The third kappa shape index (κ3) is 17.7. The lowest BCUT2D eigenvalue weighted by Gasteiger charge is -2.28. The van der Waals surface area contributed by atoms with E-state index in [0.717, 1.165) is 6.92 Å². The molecule has 0 unspecified atom stereocenters. The second-order valence-electron chi connectivity index (χ2n) is 14.7. The highest BCUT2D eigenvalue weighted by Crippen LogP contribution is 2.08. The number of carboxylic acids is 2. The normalized spacial score (nSPS) is 15.4. The molecular formula is C36H55N13O13S. The molecule has 0 aliphatic rings. The number of carbonyl (C=O) groups excluding carboxylic acids is 8. The Balaban J connectivity index is 2.24. The Bertz CT molecular complexity index is 1910. The lowest BCUT2D eigenvalue weighted by molar-refractivity contribution is -0.142. The molecule has 26 nitrogen and oxygen atoms in total. The molecule has 0 saturated carbocycles. The van der Waals surface area contributed by atoms with Gasteiger partial charge in [-0.2, -0.15) is 12.6 Å². The molecule has 2 aromatic heterocycles. The van der Waals surface area contributed by atoms with E-state index in [-0.39, 0.29) is 30.2 Å². The molecule has 2 heterocycles. The number of nitrogens with zero attached hydrogens (tertiary/aromatic N) is 2. The van der Waals surface area contributed by atoms with Crippen molar-refractivity contribution in [2.45, 2.75) is 114 Å². The van der Waals surface area contributed by atoms with Crippen LogP contribution in [0.2, 0.25) is 0 Å². The van der Waals surface area contributed by atoms with Gasteiger partial charge >= 0.3 is 11.9 Å². The van der Waals surface area contributed by atoms with Crippen LogP contribution in [0.1, 0.15) is 58.3 Å². The van der Waals surface area contributed by atoms with E-state index in [2.05, 4.69) is 69.8 Å². The molecule has 27 heteroatoms. The first kappa shape index (κ1) is 52.5. The van der Waals surface area contributed by atoms with Gasteiger partial charge in [-0.25, -0.2) is 14.8 Å². The van der Waals surface area contributed by atoms with Crippen LogP contribution in [0.3, 0.4) is 0 Å². The first-order chi connectivity index (χ1) is 29.5. The molecule has 348 valence electrons. The zero-order valence-corrected chi connectivity index (χ0v) is 35.6. The Hall–Kier alpha value is -6.61. The maximum atomic E-state index is 13.8. The number of primary amides is 1. The van der Waals surface area contributed by atoms with Crippen LogP contribution >= 0.6 is 12.6 Å². The average molecular weight is 910 g/mol. The largest absolute Gasteiger partial charge is 0.481 e. The number of aliphatic carboxylic acids is 2. The van der Waals surface area contributed by atoms with Crippen LogP contribution in [-0.4, -0.2) is 155 Å². The number of carboxylic acid groups (broad SMARTS) is 2. The Morgan fingerprint density at radius 3 is 1.60 bits per heavy atom. The summed E-state index contributed by atoms with van der Waals surface area (Å²) in [5, 5.41) is 45.6. The maximum absolute atomic E-state index is 13.8. The van der Waals surface area contributed by atoms with Gasteiger partial charge in [0.1, 0.15) is 42.3 Å². The van der Waals surface area contributed by atoms with Crippen molar-refractivity contribution in [3.05, 3.63) is 36.4 Å². The average Bonchev–Trinajstić information content (AvgIpc) is 3.93. The van der Waals surface area contributed by atoms with Gasteiger partial charge in [0.05, 0.1) is 31.2 Å². The van der Waals surface area contributed by atoms with E-state index in [1.165, 1.54) is 32.0 Å². The minimum atomic E-state index is -1.79. The number of hydrogen-bond acceptors (Lipinski definition) is 15. The quantitative estimate of drug-likeness (QED) is 0.0372. The number of aromatic amines is 2. The van der Waals surface area contributed by atoms with Crippen LogP contribution in [0.25, 0.3) is 0 Å². The second kappa shape index (κ2) is 25.4. The predicted octanol–water partition coefficient (Wildman–Crippen LogP) is -5.55. The van der Waals surface area contributed by atoms with Crippen LogP contribution < -0.4 is 48.7 Å². The van der Waals surface area contributed by atoms with Gasteiger partial charge < -0.3 is 74.0 Å². The minimum Gasteiger partial charge on any atom is -0.481 e. The van der Waals surface area contributed by atoms with Gasteiger partial charge in [-0.1, -0.05) is 13.8 Å². The van der Waals surface area contributed by atoms with Gasteiger partial charge in [0.15, 0.2) is 0 Å². The summed E-state index contributed by atoms with van der Waals surface area (Å²) in [6.07, 6.45) is 1.25. The number of imidazole rings is 2. The number of nitrogens with two attached hydrogens (primary N) is 2. The first-order valence-corrected chi connectivity index (χ1v) is 20.0. The van der Waals surface area contributed by atoms with Crippen molar-refractivity contribution in [3.8, 4) is 0 Å². The fourth-order valence-electron chi connectivity index (χ4n) is 5.50. The lowest BCUT2D eigenvalue weighted by atomic mass is 10.0. The molecule has 2 rings (SSSR count). The molecule has 0 radical (unpaired) electrons. The summed E-state index contributed by atoms with van der Waals surface area (Å²) in [5.74, 6) is -11.5. The van der Waals surface area contributed by atoms with Gasteiger partial charge in [-0.15, -0.1) is 0 Å². The summed E-state index contributed by atoms with van der Waals surface area (Å²) >= 11 is 4.07. The molecule has 0 aromatic carbocycles. The van der Waals surface area contributed by atoms with Crippen LogP contribution in [0.4, 0.5) is 0 Å². The number of aliphatic hydroxyl groups is 1. The molecular weight excluding hydrogens is 855 g/mol. The monoisotopic (exact) mass is 909 g/mol. The summed E-state index contributed by atoms with van der Waals surface area (Å²) in [4.78, 5) is 141. The topological polar surface area (TPSA) is 425 Å². The van der Waals surface area contributed by atoms with Crippen LogP contribution in [0.15, 0.2) is 25.0 Å². The van der Waals surface area contributed by atoms with Crippen molar-refractivity contribution >= 4 is 71.8 Å². The van der Waals surface area contributed by atoms with Crippen molar-refractivity contribution in [1.82, 2.24) is 57.2 Å². The van der Waals surface area contributed by atoms with E-state index in [1.807, 2.05) is 0 Å². The first-order valence-electron chi connectivity index (χ1n) is 19.4. The fourth-order valence-corrected chi connectivity index (χ4v) is 5.75. The summed E-state index contributed by atoms with van der Waals surface area (Å²) in [7, 11) is 0. The van der Waals surface area contributed by atoms with Crippen LogP contribution in [0.5, 0.6) is 0 Å². The fraction of sp³-hybridized carbons (Fsp3) is 0.556. The molecule has 0 fully saturated rings. The lowest BCUT2D eigenvalue weighted by Crippen LogP contribution is -2.62. The number of aromatic nitrogens is 4. The second-order valence-corrected chi connectivity index (χ2v) is 15.1. The summed E-state index contributed by atoms with van der Waals surface area (Å²) in [5.41, 5.74) is 11.9. The molecule has 0 aliphatic heterocycles. The van der Waals surface area contributed by atoms with Crippen LogP contribution in [-0.2, 0) is 60.8 Å². The SMILES string of the molecule is CC(C)[C@H](N)C(=O)N[C@@H](CCC(=O)O)C(=O)N[C@@H](CC(N)=O)C(=O)N[C@@H](Cc1cnc[nH]1)C(=O)N[C@H](C(=O)N[C@@H](C)C(=O)N[C@@H](CS)C(=O)N[C@@H](Cc1cnc[nH]1)C(=O)O)[C@@H](C)O. The third-order valence-corrected chi connectivity index (χ3v) is 9.54. The van der Waals surface area contributed by atoms with E-state index in [4.69, 9.17) is 11.5 Å². The molecule has 63 heavy (non-hydrogen) atoms. The number of hydrogen-bond donors (Lipinski definition) is 15. The molecule has 16 N–H and O–H groups in total. The molecule has 2 aromatic rings. The van der Waals surface area contributed by atoms with E-state index in [9.17, 15) is 63.3 Å². The zero-order valence-electron chi connectivity index (χ0n) is 34.7. The number of carbonyl (C=O) groups is 10. The molecule has 0 bridgehead atoms. The number of H-pyrrole nitrogens is 2. The van der Waals surface area contributed by atoms with Gasteiger partial charge in [-0.05, 0) is 26.2 Å². The summed E-state index contributed by atoms with van der Waals surface area (Å²) < 4.78 is 0. The Labute approximate surface area is 365 Å². The van der Waals surface area contributed by atoms with Crippen molar-refractivity contribution in [2.75, 3.05) is 5.75 Å². The minimum absolute atomic E-state index is 0.156. The van der Waals surface area contributed by atoms with Crippen molar-refractivity contribution in [1.29, 1.82) is 0 Å². The van der Waals surface area contributed by atoms with E-state index in [0.29, 0.717) is 5.69 Å². The number of nitrogens with one attached hydrogen (secondary N) is 9. The van der Waals surface area contributed by atoms with E-state index in [1.54, 1.807) is 13.8 Å². The molecule has 8 amide bonds. The van der Waals surface area contributed by atoms with Crippen molar-refractivity contribution < 1.29 is 63.3 Å². The number of amides is 8. The molecule has 0 spiro atoms. The molecule has 0 aliphatic carbocycles. The standard InChI is InChI=1S/C36H55N13O13S/c1-15(2)27(38)34(59)44-20(5-6-26(52)53)30(55)46-22(9-25(37)51)31(56)45-21(7-18-10-39-13-41-18)32(57)49-28(17(4)50)35(60)43-16(3)29(54)48-24(12-63)33(58)47-23(36(61)62)8-19-11-40-14-42-19/h10-11,13-17,20-24,27-28,50,63H,5-9,12,38H2,1-4H3,(H2,37,51)(H,39,41)(H,40,42)(H,43,60)(H,44,59)(H,45,56)(H,46,55)(H,47,58)(H,48,54)(H,49,57)(H,52,53)(H,61,62)/t16-,17+,20-,21-,22-,23-,24-,27-,28-/m0/s1. The highest BCUT2D eigenvalue weighted by atomic mass is 32.1. The highest BCUT2D eigenvalue weighted by Gasteiger charge is 2.36. The predicted molar refractivity (Wildman–Crippen MR) is 220 cm³/mol. The Morgan fingerprint density at radius 1 is 0.651 bits per heavy atom. The third-order valence-electron chi connectivity index (χ3n) is 9.17. The van der Waals surface area contributed by atoms with Crippen molar-refractivity contribution in [2.24, 2.45) is 17.4 Å². The molecule has 9 atom stereocenters. The van der Waals surface area contributed by atoms with Crippen molar-refractivity contribution in [3.63, 3.8) is 0 Å². The summed E-state index contributed by atoms with van der Waals surface area (Å²) in [6.45, 7) is 5.61. The Kier molecular flexibility index (Phi) is 21.1. The smallest absolute Gasteiger partial charge is 0.326 e. The van der Waals surface area contributed by atoms with Gasteiger partial charge in [0.25, 0.3) is 0 Å². The molecule has 0 saturated heterocycles. The zero-order chi connectivity index (χ0) is 47.6. The summed E-state index contributed by atoms with van der Waals surface area (Å²) in [6, 6.07) is -12.0. The highest BCUT2D eigenvalue weighted by molar-refractivity contribution is 7.80. The Morgan fingerprint density at radius 2 is 1.13 bits per heavy atom. The van der Waals surface area contributed by atoms with Gasteiger partial charge in [0, 0.05) is 48.8 Å².